The van der Waals surface area contributed by atoms with Crippen molar-refractivity contribution in [2.24, 2.45) is 5.92 Å². The molecule has 1 fully saturated rings. The minimum absolute atomic E-state index is 0.0265. The highest BCUT2D eigenvalue weighted by molar-refractivity contribution is 5.92. The molecule has 1 heterocycles. The van der Waals surface area contributed by atoms with Gasteiger partial charge in [0.2, 0.25) is 5.91 Å². The average molecular weight is 273 g/mol. The smallest absolute Gasteiger partial charge is 0.227 e. The Morgan fingerprint density at radius 3 is 2.90 bits per heavy atom. The number of hydrogen-bond acceptors (Lipinski definition) is 4. The summed E-state index contributed by atoms with van der Waals surface area (Å²) in [4.78, 5) is 12.2. The number of amides is 1. The monoisotopic (exact) mass is 273 g/mol. The van der Waals surface area contributed by atoms with E-state index in [2.05, 4.69) is 17.6 Å². The Balaban J connectivity index is 1.89. The molecule has 0 bridgehead atoms. The van der Waals surface area contributed by atoms with Crippen molar-refractivity contribution in [3.63, 3.8) is 0 Å². The van der Waals surface area contributed by atoms with Crippen molar-refractivity contribution in [3.05, 3.63) is 24.3 Å². The van der Waals surface area contributed by atoms with E-state index >= 15 is 0 Å². The van der Waals surface area contributed by atoms with Crippen LogP contribution in [0.3, 0.4) is 0 Å². The van der Waals surface area contributed by atoms with Crippen molar-refractivity contribution < 1.29 is 9.53 Å². The molecule has 2 N–H and O–H groups in total. The zero-order chi connectivity index (χ0) is 14.4. The maximum atomic E-state index is 12.2. The van der Waals surface area contributed by atoms with Crippen LogP contribution in [0.5, 0.6) is 5.75 Å². The summed E-state index contributed by atoms with van der Waals surface area (Å²) in [7, 11) is 0. The molecular weight excluding hydrogens is 254 g/mol. The number of nitriles is 1. The van der Waals surface area contributed by atoms with Gasteiger partial charge in [-0.05, 0) is 50.6 Å². The zero-order valence-corrected chi connectivity index (χ0v) is 11.6. The molecule has 5 heteroatoms. The number of carbonyl (C=O) groups excluding carboxylic acids is 1. The molecule has 1 aliphatic rings. The lowest BCUT2D eigenvalue weighted by atomic mass is 9.92. The zero-order valence-electron chi connectivity index (χ0n) is 11.6. The van der Waals surface area contributed by atoms with Gasteiger partial charge in [-0.1, -0.05) is 0 Å². The summed E-state index contributed by atoms with van der Waals surface area (Å²) in [5, 5.41) is 14.7. The highest BCUT2D eigenvalue weighted by Gasteiger charge is 2.24. The minimum atomic E-state index is 0.0265. The first-order valence-electron chi connectivity index (χ1n) is 6.83. The molecule has 0 radical (unpaired) electrons. The Kier molecular flexibility index (Phi) is 4.97. The second-order valence-corrected chi connectivity index (χ2v) is 5.04. The van der Waals surface area contributed by atoms with E-state index in [1.165, 1.54) is 0 Å². The normalized spacial score (nSPS) is 21.8. The average Bonchev–Trinajstić information content (AvgIpc) is 2.46. The van der Waals surface area contributed by atoms with Gasteiger partial charge in [-0.2, -0.15) is 5.26 Å². The number of benzene rings is 1. The van der Waals surface area contributed by atoms with Crippen molar-refractivity contribution in [1.29, 1.82) is 5.26 Å². The van der Waals surface area contributed by atoms with Gasteiger partial charge in [0.25, 0.3) is 0 Å². The fraction of sp³-hybridized carbons (Fsp3) is 0.467. The second kappa shape index (κ2) is 6.92. The van der Waals surface area contributed by atoms with E-state index in [4.69, 9.17) is 10.00 Å². The SMILES string of the molecule is CC1CC(C(=O)Nc2ccc(OCC#N)cc2)CCN1. The molecule has 0 aromatic heterocycles. The highest BCUT2D eigenvalue weighted by Crippen LogP contribution is 2.20. The number of nitrogens with zero attached hydrogens (tertiary/aromatic N) is 1. The van der Waals surface area contributed by atoms with Gasteiger partial charge >= 0.3 is 0 Å². The Morgan fingerprint density at radius 1 is 1.50 bits per heavy atom. The Bertz CT molecular complexity index is 493. The summed E-state index contributed by atoms with van der Waals surface area (Å²) in [5.41, 5.74) is 0.755. The second-order valence-electron chi connectivity index (χ2n) is 5.04. The number of rotatable bonds is 4. The molecule has 1 aliphatic heterocycles. The predicted octanol–water partition coefficient (Wildman–Crippen LogP) is 1.92. The maximum Gasteiger partial charge on any atom is 0.227 e. The predicted molar refractivity (Wildman–Crippen MR) is 76.4 cm³/mol. The van der Waals surface area contributed by atoms with Gasteiger partial charge in [0.05, 0.1) is 0 Å². The van der Waals surface area contributed by atoms with E-state index in [0.717, 1.165) is 25.1 Å². The number of piperidine rings is 1. The van der Waals surface area contributed by atoms with Crippen molar-refractivity contribution in [2.75, 3.05) is 18.5 Å². The van der Waals surface area contributed by atoms with Crippen LogP contribution in [0.1, 0.15) is 19.8 Å². The van der Waals surface area contributed by atoms with Crippen molar-refractivity contribution >= 4 is 11.6 Å². The van der Waals surface area contributed by atoms with Crippen molar-refractivity contribution in [1.82, 2.24) is 5.32 Å². The summed E-state index contributed by atoms with van der Waals surface area (Å²) >= 11 is 0. The summed E-state index contributed by atoms with van der Waals surface area (Å²) in [6.07, 6.45) is 1.74. The molecule has 0 aliphatic carbocycles. The van der Waals surface area contributed by atoms with E-state index in [-0.39, 0.29) is 18.4 Å². The molecule has 2 atom stereocenters. The molecule has 106 valence electrons. The maximum absolute atomic E-state index is 12.2. The fourth-order valence-corrected chi connectivity index (χ4v) is 2.36. The number of carbonyl (C=O) groups is 1. The summed E-state index contributed by atoms with van der Waals surface area (Å²) in [6.45, 7) is 3.01. The van der Waals surface area contributed by atoms with Gasteiger partial charge < -0.3 is 15.4 Å². The van der Waals surface area contributed by atoms with E-state index < -0.39 is 0 Å². The summed E-state index contributed by atoms with van der Waals surface area (Å²) in [5.74, 6) is 0.768. The molecule has 1 amide bonds. The first-order chi connectivity index (χ1) is 9.69. The third-order valence-corrected chi connectivity index (χ3v) is 3.42. The van der Waals surface area contributed by atoms with E-state index in [9.17, 15) is 4.79 Å². The summed E-state index contributed by atoms with van der Waals surface area (Å²) in [6, 6.07) is 9.37. The van der Waals surface area contributed by atoms with Crippen LogP contribution in [0.2, 0.25) is 0 Å². The minimum Gasteiger partial charge on any atom is -0.479 e. The van der Waals surface area contributed by atoms with Crippen molar-refractivity contribution in [3.8, 4) is 11.8 Å². The van der Waals surface area contributed by atoms with Crippen LogP contribution in [0.4, 0.5) is 5.69 Å². The number of hydrogen-bond donors (Lipinski definition) is 2. The van der Waals surface area contributed by atoms with Crippen LogP contribution >= 0.6 is 0 Å². The van der Waals surface area contributed by atoms with E-state index in [1.807, 2.05) is 6.07 Å². The molecule has 20 heavy (non-hydrogen) atoms. The van der Waals surface area contributed by atoms with Gasteiger partial charge in [-0.15, -0.1) is 0 Å². The molecule has 1 saturated heterocycles. The molecule has 1 aromatic carbocycles. The fourth-order valence-electron chi connectivity index (χ4n) is 2.36. The van der Waals surface area contributed by atoms with Crippen LogP contribution in [-0.4, -0.2) is 25.1 Å². The van der Waals surface area contributed by atoms with Gasteiger partial charge in [-0.3, -0.25) is 4.79 Å². The third-order valence-electron chi connectivity index (χ3n) is 3.42. The first-order valence-corrected chi connectivity index (χ1v) is 6.83. The van der Waals surface area contributed by atoms with Gasteiger partial charge in [0.15, 0.2) is 6.61 Å². The Labute approximate surface area is 118 Å². The lowest BCUT2D eigenvalue weighted by Gasteiger charge is -2.27. The van der Waals surface area contributed by atoms with Gasteiger partial charge in [-0.25, -0.2) is 0 Å². The first kappa shape index (κ1) is 14.4. The van der Waals surface area contributed by atoms with Crippen molar-refractivity contribution in [2.45, 2.75) is 25.8 Å². The quantitative estimate of drug-likeness (QED) is 0.879. The molecule has 2 rings (SSSR count). The molecule has 1 aromatic rings. The Hall–Kier alpha value is -2.06. The lowest BCUT2D eigenvalue weighted by Crippen LogP contribution is -2.40. The van der Waals surface area contributed by atoms with Crippen LogP contribution in [0, 0.1) is 17.2 Å². The molecular formula is C15H19N3O2. The number of nitrogens with one attached hydrogen (secondary N) is 2. The lowest BCUT2D eigenvalue weighted by molar-refractivity contribution is -0.120. The third kappa shape index (κ3) is 3.97. The largest absolute Gasteiger partial charge is 0.479 e. The standard InChI is InChI=1S/C15H19N3O2/c1-11-10-12(6-8-17-11)15(19)18-13-2-4-14(5-3-13)20-9-7-16/h2-5,11-12,17H,6,8-10H2,1H3,(H,18,19). The summed E-state index contributed by atoms with van der Waals surface area (Å²) < 4.78 is 5.16. The van der Waals surface area contributed by atoms with Crippen LogP contribution in [-0.2, 0) is 4.79 Å². The molecule has 5 nitrogen and oxygen atoms in total. The van der Waals surface area contributed by atoms with E-state index in [1.54, 1.807) is 24.3 Å². The molecule has 2 unspecified atom stereocenters. The highest BCUT2D eigenvalue weighted by atomic mass is 16.5. The Morgan fingerprint density at radius 2 is 2.25 bits per heavy atom. The van der Waals surface area contributed by atoms with Gasteiger partial charge in [0.1, 0.15) is 11.8 Å². The van der Waals surface area contributed by atoms with Crippen LogP contribution in [0.15, 0.2) is 24.3 Å². The number of anilines is 1. The number of ether oxygens (including phenoxy) is 1. The van der Waals surface area contributed by atoms with Gasteiger partial charge in [0, 0.05) is 17.6 Å². The molecule has 0 spiro atoms. The topological polar surface area (TPSA) is 74.1 Å². The van der Waals surface area contributed by atoms with E-state index in [0.29, 0.717) is 11.8 Å². The van der Waals surface area contributed by atoms with Crippen LogP contribution in [0.25, 0.3) is 0 Å². The van der Waals surface area contributed by atoms with Crippen LogP contribution < -0.4 is 15.4 Å². The molecule has 0 saturated carbocycles.